The number of ether oxygens (including phenoxy) is 1. The number of nitrogens with zero attached hydrogens (tertiary/aromatic N) is 1. The fraction of sp³-hybridized carbons (Fsp3) is 0.700. The summed E-state index contributed by atoms with van der Waals surface area (Å²) in [6.45, 7) is -0.153. The van der Waals surface area contributed by atoms with Gasteiger partial charge in [-0.2, -0.15) is 5.26 Å². The molecule has 2 N–H and O–H groups in total. The van der Waals surface area contributed by atoms with Crippen LogP contribution in [0.3, 0.4) is 0 Å². The molecule has 0 aromatic heterocycles. The van der Waals surface area contributed by atoms with Crippen LogP contribution in [0.1, 0.15) is 19.3 Å². The van der Waals surface area contributed by atoms with Crippen molar-refractivity contribution in [2.45, 2.75) is 37.5 Å². The van der Waals surface area contributed by atoms with E-state index in [-0.39, 0.29) is 24.8 Å². The zero-order valence-corrected chi connectivity index (χ0v) is 8.73. The zero-order valence-electron chi connectivity index (χ0n) is 8.73. The molecule has 0 spiro atoms. The predicted octanol–water partition coefficient (Wildman–Crippen LogP) is -0.938. The molecule has 0 aromatic carbocycles. The molecule has 2 bridgehead atoms. The number of nitrogens with one attached hydrogen (secondary N) is 2. The van der Waals surface area contributed by atoms with E-state index in [1.54, 1.807) is 6.07 Å². The van der Waals surface area contributed by atoms with Gasteiger partial charge in [0.05, 0.1) is 24.3 Å². The van der Waals surface area contributed by atoms with Gasteiger partial charge in [-0.3, -0.25) is 9.59 Å². The minimum Gasteiger partial charge on any atom is -0.373 e. The molecule has 2 aliphatic rings. The molecule has 2 fully saturated rings. The van der Waals surface area contributed by atoms with Crippen LogP contribution >= 0.6 is 0 Å². The fourth-order valence-electron chi connectivity index (χ4n) is 2.22. The van der Waals surface area contributed by atoms with Gasteiger partial charge in [0.2, 0.25) is 0 Å². The molecule has 0 radical (unpaired) electrons. The normalized spacial score (nSPS) is 30.8. The molecule has 2 rings (SSSR count). The van der Waals surface area contributed by atoms with Gasteiger partial charge in [0.1, 0.15) is 6.54 Å². The Morgan fingerprint density at radius 2 is 2.19 bits per heavy atom. The van der Waals surface area contributed by atoms with Gasteiger partial charge in [0, 0.05) is 0 Å². The minimum absolute atomic E-state index is 0.0534. The highest BCUT2D eigenvalue weighted by atomic mass is 16.5. The average Bonchev–Trinajstić information content (AvgIpc) is 2.87. The third kappa shape index (κ3) is 2.14. The summed E-state index contributed by atoms with van der Waals surface area (Å²) in [6, 6.07) is 1.68. The van der Waals surface area contributed by atoms with E-state index in [0.717, 1.165) is 19.3 Å². The maximum Gasteiger partial charge on any atom is 0.310 e. The molecule has 2 saturated heterocycles. The van der Waals surface area contributed by atoms with Gasteiger partial charge in [-0.15, -0.1) is 0 Å². The largest absolute Gasteiger partial charge is 0.373 e. The smallest absolute Gasteiger partial charge is 0.310 e. The second-order valence-electron chi connectivity index (χ2n) is 4.03. The molecule has 0 aliphatic carbocycles. The second-order valence-corrected chi connectivity index (χ2v) is 4.03. The summed E-state index contributed by atoms with van der Waals surface area (Å²) in [5.74, 6) is -1.44. The van der Waals surface area contributed by atoms with Gasteiger partial charge >= 0.3 is 11.8 Å². The number of nitriles is 1. The Bertz CT molecular complexity index is 350. The molecule has 2 amide bonds. The maximum atomic E-state index is 11.4. The van der Waals surface area contributed by atoms with Crippen LogP contribution in [0.25, 0.3) is 0 Å². The third-order valence-corrected chi connectivity index (χ3v) is 2.96. The first-order valence-corrected chi connectivity index (χ1v) is 5.32. The summed E-state index contributed by atoms with van der Waals surface area (Å²) in [6.07, 6.45) is 3.05. The molecule has 6 heteroatoms. The fourth-order valence-corrected chi connectivity index (χ4v) is 2.22. The van der Waals surface area contributed by atoms with Crippen LogP contribution in [0, 0.1) is 11.3 Å². The Morgan fingerprint density at radius 1 is 1.38 bits per heavy atom. The van der Waals surface area contributed by atoms with Gasteiger partial charge in [-0.1, -0.05) is 0 Å². The van der Waals surface area contributed by atoms with Crippen LogP contribution in [-0.2, 0) is 14.3 Å². The molecule has 6 nitrogen and oxygen atoms in total. The van der Waals surface area contributed by atoms with E-state index in [0.29, 0.717) is 0 Å². The summed E-state index contributed by atoms with van der Waals surface area (Å²) in [4.78, 5) is 22.6. The van der Waals surface area contributed by atoms with Crippen molar-refractivity contribution in [1.82, 2.24) is 10.6 Å². The molecular weight excluding hydrogens is 210 g/mol. The molecule has 3 atom stereocenters. The second kappa shape index (κ2) is 4.49. The molecule has 0 aromatic rings. The number of fused-ring (bicyclic) bond motifs is 2. The average molecular weight is 223 g/mol. The van der Waals surface area contributed by atoms with Crippen molar-refractivity contribution in [2.75, 3.05) is 6.54 Å². The Morgan fingerprint density at radius 3 is 2.75 bits per heavy atom. The Kier molecular flexibility index (Phi) is 3.06. The van der Waals surface area contributed by atoms with Gasteiger partial charge in [-0.05, 0) is 19.3 Å². The molecule has 16 heavy (non-hydrogen) atoms. The summed E-state index contributed by atoms with van der Waals surface area (Å²) in [5, 5.41) is 13.1. The van der Waals surface area contributed by atoms with Crippen LogP contribution in [0.4, 0.5) is 0 Å². The number of carbonyl (C=O) groups excluding carboxylic acids is 2. The van der Waals surface area contributed by atoms with Crippen molar-refractivity contribution in [3.05, 3.63) is 0 Å². The van der Waals surface area contributed by atoms with Crippen molar-refractivity contribution in [2.24, 2.45) is 0 Å². The predicted molar refractivity (Wildman–Crippen MR) is 53.1 cm³/mol. The molecule has 2 aliphatic heterocycles. The lowest BCUT2D eigenvalue weighted by molar-refractivity contribution is -0.139. The van der Waals surface area contributed by atoms with E-state index >= 15 is 0 Å². The Balaban J connectivity index is 1.79. The highest BCUT2D eigenvalue weighted by Crippen LogP contribution is 2.34. The van der Waals surface area contributed by atoms with Crippen LogP contribution in [0.15, 0.2) is 0 Å². The zero-order chi connectivity index (χ0) is 11.5. The maximum absolute atomic E-state index is 11.4. The van der Waals surface area contributed by atoms with E-state index in [2.05, 4.69) is 10.6 Å². The van der Waals surface area contributed by atoms with Crippen molar-refractivity contribution < 1.29 is 14.3 Å². The molecule has 2 heterocycles. The van der Waals surface area contributed by atoms with E-state index in [1.807, 2.05) is 0 Å². The lowest BCUT2D eigenvalue weighted by Crippen LogP contribution is -2.48. The minimum atomic E-state index is -0.760. The number of rotatable bonds is 2. The van der Waals surface area contributed by atoms with Gasteiger partial charge in [0.25, 0.3) is 0 Å². The van der Waals surface area contributed by atoms with Crippen molar-refractivity contribution in [3.63, 3.8) is 0 Å². The lowest BCUT2D eigenvalue weighted by Gasteiger charge is -2.19. The molecule has 0 saturated carbocycles. The van der Waals surface area contributed by atoms with E-state index in [1.165, 1.54) is 0 Å². The number of carbonyl (C=O) groups is 2. The van der Waals surface area contributed by atoms with Crippen molar-refractivity contribution in [3.8, 4) is 6.07 Å². The number of hydrogen-bond acceptors (Lipinski definition) is 4. The van der Waals surface area contributed by atoms with Crippen LogP contribution in [0.5, 0.6) is 0 Å². The quantitative estimate of drug-likeness (QED) is 0.467. The van der Waals surface area contributed by atoms with Crippen LogP contribution in [0.2, 0.25) is 0 Å². The standard InChI is InChI=1S/C10H13N3O3/c11-3-4-12-9(14)10(15)13-7-5-6-1-2-8(7)16-6/h6-8H,1-2,4-5H2,(H,12,14)(H,13,15). The summed E-state index contributed by atoms with van der Waals surface area (Å²) in [5.41, 5.74) is 0. The molecule has 86 valence electrons. The Labute approximate surface area is 92.9 Å². The lowest BCUT2D eigenvalue weighted by atomic mass is 9.95. The highest BCUT2D eigenvalue weighted by molar-refractivity contribution is 6.35. The van der Waals surface area contributed by atoms with E-state index in [9.17, 15) is 9.59 Å². The summed E-state index contributed by atoms with van der Waals surface area (Å²) >= 11 is 0. The summed E-state index contributed by atoms with van der Waals surface area (Å²) in [7, 11) is 0. The van der Waals surface area contributed by atoms with Crippen LogP contribution in [-0.4, -0.2) is 36.6 Å². The first-order chi connectivity index (χ1) is 7.70. The first kappa shape index (κ1) is 10.9. The molecular formula is C10H13N3O3. The van der Waals surface area contributed by atoms with Crippen molar-refractivity contribution >= 4 is 11.8 Å². The highest BCUT2D eigenvalue weighted by Gasteiger charge is 2.41. The topological polar surface area (TPSA) is 91.2 Å². The SMILES string of the molecule is N#CCNC(=O)C(=O)NC1CC2CCC1O2. The van der Waals surface area contributed by atoms with E-state index in [4.69, 9.17) is 10.00 Å². The number of hydrogen-bond donors (Lipinski definition) is 2. The van der Waals surface area contributed by atoms with Gasteiger partial charge in [0.15, 0.2) is 0 Å². The van der Waals surface area contributed by atoms with Gasteiger partial charge < -0.3 is 15.4 Å². The van der Waals surface area contributed by atoms with Gasteiger partial charge in [-0.25, -0.2) is 0 Å². The van der Waals surface area contributed by atoms with Crippen molar-refractivity contribution in [1.29, 1.82) is 5.26 Å². The van der Waals surface area contributed by atoms with E-state index < -0.39 is 11.8 Å². The third-order valence-electron chi connectivity index (χ3n) is 2.96. The number of amides is 2. The van der Waals surface area contributed by atoms with Crippen LogP contribution < -0.4 is 10.6 Å². The molecule has 3 unspecified atom stereocenters. The first-order valence-electron chi connectivity index (χ1n) is 5.32. The monoisotopic (exact) mass is 223 g/mol. The summed E-state index contributed by atoms with van der Waals surface area (Å²) < 4.78 is 5.55. The Hall–Kier alpha value is -1.61.